The Kier molecular flexibility index (Phi) is 5.39. The van der Waals surface area contributed by atoms with Gasteiger partial charge in [0.25, 0.3) is 0 Å². The molecule has 2 aromatic rings. The van der Waals surface area contributed by atoms with Gasteiger partial charge in [-0.1, -0.05) is 24.3 Å². The van der Waals surface area contributed by atoms with Crippen molar-refractivity contribution in [3.8, 4) is 5.75 Å². The standard InChI is InChI=1S/C21H26N2O3/c1-4-23(5-2)15-11-12-16(17(24)13-15)18-20(25)19(21(18)26)22(3)14-9-7-6-8-10-14/h6-13,18-21,24H,4-5H2,1-3H3/q-2. The van der Waals surface area contributed by atoms with Gasteiger partial charge < -0.3 is 25.1 Å². The van der Waals surface area contributed by atoms with Crippen molar-refractivity contribution in [3.63, 3.8) is 0 Å². The Hall–Kier alpha value is -2.24. The second kappa shape index (κ2) is 7.56. The fourth-order valence-corrected chi connectivity index (χ4v) is 3.88. The van der Waals surface area contributed by atoms with Crippen LogP contribution >= 0.6 is 0 Å². The zero-order chi connectivity index (χ0) is 18.8. The minimum absolute atomic E-state index is 0.0434. The summed E-state index contributed by atoms with van der Waals surface area (Å²) in [6.07, 6.45) is -2.12. The summed E-state index contributed by atoms with van der Waals surface area (Å²) in [6.45, 7) is 5.76. The lowest BCUT2D eigenvalue weighted by molar-refractivity contribution is -0.533. The average Bonchev–Trinajstić information content (AvgIpc) is 2.65. The number of phenolic OH excluding ortho intramolecular Hbond substituents is 1. The van der Waals surface area contributed by atoms with Crippen molar-refractivity contribution in [3.05, 3.63) is 54.1 Å². The second-order valence-corrected chi connectivity index (χ2v) is 6.81. The van der Waals surface area contributed by atoms with E-state index in [4.69, 9.17) is 0 Å². The predicted molar refractivity (Wildman–Crippen MR) is 101 cm³/mol. The number of aromatic hydroxyl groups is 1. The van der Waals surface area contributed by atoms with Crippen molar-refractivity contribution in [2.75, 3.05) is 29.9 Å². The lowest BCUT2D eigenvalue weighted by Gasteiger charge is -2.64. The van der Waals surface area contributed by atoms with Crippen molar-refractivity contribution in [2.45, 2.75) is 38.0 Å². The monoisotopic (exact) mass is 354 g/mol. The number of benzene rings is 2. The van der Waals surface area contributed by atoms with Crippen LogP contribution in [0.3, 0.4) is 0 Å². The van der Waals surface area contributed by atoms with Gasteiger partial charge >= 0.3 is 0 Å². The highest BCUT2D eigenvalue weighted by Gasteiger charge is 2.41. The Morgan fingerprint density at radius 2 is 1.54 bits per heavy atom. The Bertz CT molecular complexity index is 723. The van der Waals surface area contributed by atoms with Crippen LogP contribution in [0.15, 0.2) is 48.5 Å². The second-order valence-electron chi connectivity index (χ2n) is 6.81. The maximum Gasteiger partial charge on any atom is 0.121 e. The third kappa shape index (κ3) is 3.13. The van der Waals surface area contributed by atoms with E-state index in [1.54, 1.807) is 24.1 Å². The van der Waals surface area contributed by atoms with Gasteiger partial charge in [-0.3, -0.25) is 0 Å². The molecule has 1 aliphatic carbocycles. The first kappa shape index (κ1) is 18.5. The van der Waals surface area contributed by atoms with Crippen LogP contribution in [0, 0.1) is 0 Å². The molecule has 1 saturated carbocycles. The topological polar surface area (TPSA) is 72.8 Å². The van der Waals surface area contributed by atoms with Gasteiger partial charge in [0, 0.05) is 43.6 Å². The smallest absolute Gasteiger partial charge is 0.121 e. The first-order valence-electron chi connectivity index (χ1n) is 9.17. The van der Waals surface area contributed by atoms with Gasteiger partial charge in [0.1, 0.15) is 5.75 Å². The first-order chi connectivity index (χ1) is 12.5. The number of phenols is 1. The molecule has 3 rings (SSSR count). The highest BCUT2D eigenvalue weighted by atomic mass is 16.3. The van der Waals surface area contributed by atoms with E-state index in [9.17, 15) is 15.3 Å². The maximum absolute atomic E-state index is 12.8. The van der Waals surface area contributed by atoms with Crippen LogP contribution in [-0.4, -0.2) is 43.5 Å². The van der Waals surface area contributed by atoms with Crippen LogP contribution in [-0.2, 0) is 0 Å². The summed E-state index contributed by atoms with van der Waals surface area (Å²) in [6, 6.07) is 14.1. The highest BCUT2D eigenvalue weighted by molar-refractivity contribution is 5.56. The third-order valence-electron chi connectivity index (χ3n) is 5.49. The summed E-state index contributed by atoms with van der Waals surface area (Å²) in [5.41, 5.74) is 2.23. The lowest BCUT2D eigenvalue weighted by atomic mass is 9.69. The number of para-hydroxylation sites is 1. The molecule has 2 atom stereocenters. The first-order valence-corrected chi connectivity index (χ1v) is 9.17. The third-order valence-corrected chi connectivity index (χ3v) is 5.49. The van der Waals surface area contributed by atoms with Gasteiger partial charge in [-0.15, -0.1) is 12.2 Å². The molecule has 0 aliphatic heterocycles. The largest absolute Gasteiger partial charge is 0.850 e. The molecule has 0 saturated heterocycles. The fraction of sp³-hybridized carbons (Fsp3) is 0.429. The van der Waals surface area contributed by atoms with E-state index in [0.29, 0.717) is 5.56 Å². The summed E-state index contributed by atoms with van der Waals surface area (Å²) < 4.78 is 0. The van der Waals surface area contributed by atoms with Crippen LogP contribution in [0.25, 0.3) is 0 Å². The summed E-state index contributed by atoms with van der Waals surface area (Å²) in [7, 11) is 1.79. The summed E-state index contributed by atoms with van der Waals surface area (Å²) in [5, 5.41) is 36.0. The van der Waals surface area contributed by atoms with Crippen LogP contribution < -0.4 is 20.0 Å². The Morgan fingerprint density at radius 3 is 2.08 bits per heavy atom. The van der Waals surface area contributed by atoms with E-state index < -0.39 is 24.2 Å². The molecule has 2 unspecified atom stereocenters. The molecule has 1 N–H and O–H groups in total. The molecule has 5 heteroatoms. The molecular weight excluding hydrogens is 328 g/mol. The molecule has 0 amide bonds. The molecule has 0 heterocycles. The fourth-order valence-electron chi connectivity index (χ4n) is 3.88. The number of hydrogen-bond acceptors (Lipinski definition) is 5. The molecule has 0 bridgehead atoms. The lowest BCUT2D eigenvalue weighted by Crippen LogP contribution is -2.74. The molecule has 1 aliphatic rings. The van der Waals surface area contributed by atoms with Gasteiger partial charge in [-0.25, -0.2) is 0 Å². The molecule has 0 spiro atoms. The van der Waals surface area contributed by atoms with Crippen molar-refractivity contribution < 1.29 is 15.3 Å². The minimum atomic E-state index is -1.06. The maximum atomic E-state index is 12.8. The molecule has 5 nitrogen and oxygen atoms in total. The van der Waals surface area contributed by atoms with E-state index >= 15 is 0 Å². The number of anilines is 2. The normalized spacial score (nSPS) is 24.8. The van der Waals surface area contributed by atoms with E-state index in [2.05, 4.69) is 4.90 Å². The number of rotatable bonds is 6. The van der Waals surface area contributed by atoms with Gasteiger partial charge in [-0.2, -0.15) is 0 Å². The van der Waals surface area contributed by atoms with Crippen LogP contribution in [0.5, 0.6) is 5.75 Å². The van der Waals surface area contributed by atoms with E-state index in [1.165, 1.54) is 0 Å². The zero-order valence-corrected chi connectivity index (χ0v) is 15.5. The Morgan fingerprint density at radius 1 is 0.923 bits per heavy atom. The van der Waals surface area contributed by atoms with Crippen molar-refractivity contribution in [2.24, 2.45) is 0 Å². The Labute approximate surface area is 155 Å². The van der Waals surface area contributed by atoms with Gasteiger partial charge in [0.05, 0.1) is 0 Å². The molecule has 2 aromatic carbocycles. The molecule has 0 aromatic heterocycles. The SMILES string of the molecule is CCN(CC)c1ccc(C2C([O-])C(N(C)c3ccccc3)C2[O-])c(O)c1. The van der Waals surface area contributed by atoms with Gasteiger partial charge in [-0.05, 0) is 43.5 Å². The summed E-state index contributed by atoms with van der Waals surface area (Å²) in [4.78, 5) is 3.88. The molecule has 26 heavy (non-hydrogen) atoms. The van der Waals surface area contributed by atoms with Crippen molar-refractivity contribution in [1.29, 1.82) is 0 Å². The van der Waals surface area contributed by atoms with Gasteiger partial charge in [0.2, 0.25) is 0 Å². The molecule has 140 valence electrons. The molecular formula is C21H26N2O3-2. The van der Waals surface area contributed by atoms with E-state index in [0.717, 1.165) is 24.5 Å². The number of hydrogen-bond donors (Lipinski definition) is 1. The summed E-state index contributed by atoms with van der Waals surface area (Å²) >= 11 is 0. The number of nitrogens with zero attached hydrogens (tertiary/aromatic N) is 2. The average molecular weight is 354 g/mol. The predicted octanol–water partition coefficient (Wildman–Crippen LogP) is 1.30. The molecule has 1 fully saturated rings. The van der Waals surface area contributed by atoms with Crippen molar-refractivity contribution in [1.82, 2.24) is 0 Å². The Balaban J connectivity index is 1.79. The van der Waals surface area contributed by atoms with Gasteiger partial charge in [0.15, 0.2) is 0 Å². The number of likely N-dealkylation sites (N-methyl/N-ethyl adjacent to an activating group) is 1. The van der Waals surface area contributed by atoms with Crippen LogP contribution in [0.4, 0.5) is 11.4 Å². The zero-order valence-electron chi connectivity index (χ0n) is 15.5. The van der Waals surface area contributed by atoms with E-state index in [1.807, 2.05) is 50.2 Å². The highest BCUT2D eigenvalue weighted by Crippen LogP contribution is 2.42. The van der Waals surface area contributed by atoms with Crippen molar-refractivity contribution >= 4 is 11.4 Å². The van der Waals surface area contributed by atoms with Crippen LogP contribution in [0.2, 0.25) is 0 Å². The quantitative estimate of drug-likeness (QED) is 0.846. The molecule has 0 radical (unpaired) electrons. The minimum Gasteiger partial charge on any atom is -0.850 e. The summed E-state index contributed by atoms with van der Waals surface area (Å²) in [5.74, 6) is -0.668. The van der Waals surface area contributed by atoms with E-state index in [-0.39, 0.29) is 5.75 Å². The van der Waals surface area contributed by atoms with Crippen LogP contribution in [0.1, 0.15) is 25.3 Å².